The van der Waals surface area contributed by atoms with Crippen molar-refractivity contribution in [3.8, 4) is 22.8 Å². The number of nitrogens with zero attached hydrogens (tertiary/aromatic N) is 2. The van der Waals surface area contributed by atoms with Gasteiger partial charge in [-0.2, -0.15) is 5.10 Å². The van der Waals surface area contributed by atoms with E-state index in [1.807, 2.05) is 25.1 Å². The summed E-state index contributed by atoms with van der Waals surface area (Å²) in [5.74, 6) is 1.38. The number of benzene rings is 2. The first-order valence-corrected chi connectivity index (χ1v) is 8.10. The zero-order valence-electron chi connectivity index (χ0n) is 14.7. The van der Waals surface area contributed by atoms with Crippen molar-refractivity contribution >= 4 is 21.8 Å². The van der Waals surface area contributed by atoms with Crippen LogP contribution >= 0.6 is 0 Å². The molecule has 2 aromatic heterocycles. The lowest BCUT2D eigenvalue weighted by molar-refractivity contribution is 0.356. The lowest BCUT2D eigenvalue weighted by atomic mass is 9.99. The van der Waals surface area contributed by atoms with Crippen LogP contribution < -0.4 is 9.47 Å². The van der Waals surface area contributed by atoms with Gasteiger partial charge >= 0.3 is 0 Å². The molecule has 0 unspecified atom stereocenters. The predicted molar refractivity (Wildman–Crippen MR) is 99.4 cm³/mol. The van der Waals surface area contributed by atoms with Crippen LogP contribution in [-0.2, 0) is 0 Å². The van der Waals surface area contributed by atoms with Crippen LogP contribution in [-0.4, -0.2) is 29.4 Å². The Labute approximate surface area is 145 Å². The van der Waals surface area contributed by atoms with E-state index >= 15 is 0 Å². The Kier molecular flexibility index (Phi) is 3.57. The highest BCUT2D eigenvalue weighted by Crippen LogP contribution is 2.39. The molecule has 4 aromatic rings. The van der Waals surface area contributed by atoms with E-state index in [-0.39, 0.29) is 0 Å². The highest BCUT2D eigenvalue weighted by Gasteiger charge is 2.17. The number of pyridine rings is 1. The third-order valence-corrected chi connectivity index (χ3v) is 4.49. The minimum atomic E-state index is 0.686. The molecule has 0 fully saturated rings. The van der Waals surface area contributed by atoms with E-state index < -0.39 is 0 Å². The average Bonchev–Trinajstić information content (AvgIpc) is 3.00. The molecule has 5 heteroatoms. The summed E-state index contributed by atoms with van der Waals surface area (Å²) >= 11 is 0. The van der Waals surface area contributed by atoms with Gasteiger partial charge in [-0.3, -0.25) is 5.10 Å². The molecule has 0 atom stereocenters. The van der Waals surface area contributed by atoms with Crippen LogP contribution in [0.2, 0.25) is 0 Å². The molecule has 0 amide bonds. The van der Waals surface area contributed by atoms with Gasteiger partial charge in [0.25, 0.3) is 0 Å². The number of aromatic nitrogens is 3. The second kappa shape index (κ2) is 5.77. The van der Waals surface area contributed by atoms with E-state index in [0.717, 1.165) is 38.8 Å². The Morgan fingerprint density at radius 2 is 1.64 bits per heavy atom. The van der Waals surface area contributed by atoms with Gasteiger partial charge in [0.2, 0.25) is 0 Å². The number of rotatable bonds is 3. The average molecular weight is 333 g/mol. The van der Waals surface area contributed by atoms with Crippen LogP contribution in [0.1, 0.15) is 11.3 Å². The van der Waals surface area contributed by atoms with Crippen LogP contribution in [0.3, 0.4) is 0 Å². The number of aryl methyl sites for hydroxylation is 2. The van der Waals surface area contributed by atoms with Gasteiger partial charge in [-0.15, -0.1) is 0 Å². The lowest BCUT2D eigenvalue weighted by Gasteiger charge is -2.13. The molecule has 2 heterocycles. The summed E-state index contributed by atoms with van der Waals surface area (Å²) in [6.45, 7) is 4.05. The minimum absolute atomic E-state index is 0.686. The predicted octanol–water partition coefficient (Wildman–Crippen LogP) is 4.41. The molecular weight excluding hydrogens is 314 g/mol. The molecule has 0 saturated heterocycles. The normalized spacial score (nSPS) is 11.2. The Morgan fingerprint density at radius 3 is 2.32 bits per heavy atom. The molecule has 0 spiro atoms. The Bertz CT molecular complexity index is 1100. The van der Waals surface area contributed by atoms with Crippen molar-refractivity contribution in [2.45, 2.75) is 13.8 Å². The van der Waals surface area contributed by atoms with Crippen LogP contribution in [0.15, 0.2) is 36.4 Å². The summed E-state index contributed by atoms with van der Waals surface area (Å²) < 4.78 is 11.0. The number of ether oxygens (including phenoxy) is 2. The van der Waals surface area contributed by atoms with E-state index in [9.17, 15) is 0 Å². The van der Waals surface area contributed by atoms with Crippen molar-refractivity contribution in [2.75, 3.05) is 14.2 Å². The highest BCUT2D eigenvalue weighted by atomic mass is 16.5. The lowest BCUT2D eigenvalue weighted by Crippen LogP contribution is -1.94. The van der Waals surface area contributed by atoms with Crippen molar-refractivity contribution in [1.82, 2.24) is 15.2 Å². The third kappa shape index (κ3) is 2.39. The summed E-state index contributed by atoms with van der Waals surface area (Å²) in [7, 11) is 3.29. The van der Waals surface area contributed by atoms with E-state index in [0.29, 0.717) is 11.5 Å². The molecule has 0 radical (unpaired) electrons. The zero-order chi connectivity index (χ0) is 17.6. The first-order chi connectivity index (χ1) is 12.1. The van der Waals surface area contributed by atoms with Gasteiger partial charge in [0, 0.05) is 21.7 Å². The summed E-state index contributed by atoms with van der Waals surface area (Å²) in [5, 5.41) is 10.4. The standard InChI is InChI=1S/C20H19N3O2/c1-11-6-5-7-13(8-11)19-15-10-17(25-4)16(24-3)9-14(15)18-12(2)22-23-20(18)21-19/h5-10H,1-4H3,(H,21,22,23). The summed E-state index contributed by atoms with van der Waals surface area (Å²) in [6.07, 6.45) is 0. The molecule has 0 saturated carbocycles. The first-order valence-electron chi connectivity index (χ1n) is 8.10. The fraction of sp³-hybridized carbons (Fsp3) is 0.200. The van der Waals surface area contributed by atoms with E-state index in [4.69, 9.17) is 14.5 Å². The quantitative estimate of drug-likeness (QED) is 0.603. The number of methoxy groups -OCH3 is 2. The Morgan fingerprint density at radius 1 is 0.920 bits per heavy atom. The second-order valence-electron chi connectivity index (χ2n) is 6.12. The Balaban J connectivity index is 2.17. The van der Waals surface area contributed by atoms with Gasteiger partial charge in [-0.1, -0.05) is 23.8 Å². The largest absolute Gasteiger partial charge is 0.493 e. The van der Waals surface area contributed by atoms with Crippen LogP contribution in [0, 0.1) is 13.8 Å². The maximum absolute atomic E-state index is 5.51. The van der Waals surface area contributed by atoms with Crippen molar-refractivity contribution in [1.29, 1.82) is 0 Å². The molecule has 0 aliphatic carbocycles. The molecule has 126 valence electrons. The minimum Gasteiger partial charge on any atom is -0.493 e. The maximum atomic E-state index is 5.51. The summed E-state index contributed by atoms with van der Waals surface area (Å²) in [5.41, 5.74) is 4.83. The SMILES string of the molecule is COc1cc2c(-c3cccc(C)c3)nc3[nH]nc(C)c3c2cc1OC. The second-order valence-corrected chi connectivity index (χ2v) is 6.12. The van der Waals surface area contributed by atoms with Gasteiger partial charge < -0.3 is 9.47 Å². The fourth-order valence-electron chi connectivity index (χ4n) is 3.29. The molecule has 4 rings (SSSR count). The van der Waals surface area contributed by atoms with Gasteiger partial charge in [-0.05, 0) is 32.0 Å². The molecule has 0 bridgehead atoms. The fourth-order valence-corrected chi connectivity index (χ4v) is 3.29. The smallest absolute Gasteiger partial charge is 0.161 e. The Hall–Kier alpha value is -3.08. The van der Waals surface area contributed by atoms with Crippen LogP contribution in [0.5, 0.6) is 11.5 Å². The van der Waals surface area contributed by atoms with Crippen LogP contribution in [0.25, 0.3) is 33.1 Å². The number of hydrogen-bond acceptors (Lipinski definition) is 4. The zero-order valence-corrected chi connectivity index (χ0v) is 14.7. The third-order valence-electron chi connectivity index (χ3n) is 4.49. The van der Waals surface area contributed by atoms with E-state index in [2.05, 4.69) is 35.3 Å². The molecule has 0 aliphatic rings. The molecule has 1 N–H and O–H groups in total. The first kappa shape index (κ1) is 15.4. The van der Waals surface area contributed by atoms with Crippen molar-refractivity contribution < 1.29 is 9.47 Å². The monoisotopic (exact) mass is 333 g/mol. The van der Waals surface area contributed by atoms with Gasteiger partial charge in [0.15, 0.2) is 17.1 Å². The number of fused-ring (bicyclic) bond motifs is 3. The van der Waals surface area contributed by atoms with Gasteiger partial charge in [0.05, 0.1) is 25.6 Å². The van der Waals surface area contributed by atoms with Gasteiger partial charge in [-0.25, -0.2) is 4.98 Å². The molecule has 5 nitrogen and oxygen atoms in total. The van der Waals surface area contributed by atoms with Crippen molar-refractivity contribution in [2.24, 2.45) is 0 Å². The van der Waals surface area contributed by atoms with Crippen molar-refractivity contribution in [3.63, 3.8) is 0 Å². The highest BCUT2D eigenvalue weighted by molar-refractivity contribution is 6.12. The van der Waals surface area contributed by atoms with E-state index in [1.165, 1.54) is 5.56 Å². The number of aromatic amines is 1. The van der Waals surface area contributed by atoms with Crippen molar-refractivity contribution in [3.05, 3.63) is 47.7 Å². The van der Waals surface area contributed by atoms with E-state index in [1.54, 1.807) is 14.2 Å². The molecule has 0 aliphatic heterocycles. The number of H-pyrrole nitrogens is 1. The summed E-state index contributed by atoms with van der Waals surface area (Å²) in [4.78, 5) is 4.85. The molecule has 2 aromatic carbocycles. The topological polar surface area (TPSA) is 60.0 Å². The number of hydrogen-bond donors (Lipinski definition) is 1. The van der Waals surface area contributed by atoms with Crippen LogP contribution in [0.4, 0.5) is 0 Å². The summed E-state index contributed by atoms with van der Waals surface area (Å²) in [6, 6.07) is 12.3. The number of nitrogens with one attached hydrogen (secondary N) is 1. The van der Waals surface area contributed by atoms with Gasteiger partial charge in [0.1, 0.15) is 0 Å². The maximum Gasteiger partial charge on any atom is 0.161 e. The molecular formula is C20H19N3O2. The molecule has 25 heavy (non-hydrogen) atoms.